The van der Waals surface area contributed by atoms with Crippen molar-refractivity contribution in [3.05, 3.63) is 71.5 Å². The van der Waals surface area contributed by atoms with Crippen LogP contribution < -0.4 is 10.1 Å². The molecule has 180 valence electrons. The first-order chi connectivity index (χ1) is 17.0. The monoisotopic (exact) mass is 468 g/mol. The van der Waals surface area contributed by atoms with Crippen LogP contribution in [-0.4, -0.2) is 33.8 Å². The number of nitrogens with zero attached hydrogens (tertiary/aromatic N) is 3. The van der Waals surface area contributed by atoms with Gasteiger partial charge in [0.1, 0.15) is 5.75 Å². The van der Waals surface area contributed by atoms with E-state index in [-0.39, 0.29) is 11.9 Å². The number of nitrogens with one attached hydrogen (secondary N) is 1. The molecule has 0 radical (unpaired) electrons. The highest BCUT2D eigenvalue weighted by Crippen LogP contribution is 2.29. The zero-order valence-corrected chi connectivity index (χ0v) is 20.7. The third kappa shape index (κ3) is 4.78. The number of benzene rings is 2. The summed E-state index contributed by atoms with van der Waals surface area (Å²) in [4.78, 5) is 18.5. The number of pyridine rings is 1. The van der Waals surface area contributed by atoms with Crippen molar-refractivity contribution in [3.63, 3.8) is 0 Å². The lowest BCUT2D eigenvalue weighted by Crippen LogP contribution is -2.34. The Morgan fingerprint density at radius 3 is 2.46 bits per heavy atom. The zero-order valence-electron chi connectivity index (χ0n) is 20.7. The molecule has 1 saturated carbocycles. The molecule has 1 fully saturated rings. The fraction of sp³-hybridized carbons (Fsp3) is 0.345. The molecule has 0 aliphatic heterocycles. The fourth-order valence-electron chi connectivity index (χ4n) is 5.00. The van der Waals surface area contributed by atoms with E-state index >= 15 is 0 Å². The predicted molar refractivity (Wildman–Crippen MR) is 139 cm³/mol. The second-order valence-electron chi connectivity index (χ2n) is 9.49. The minimum absolute atomic E-state index is 0.0173. The lowest BCUT2D eigenvalue weighted by atomic mass is 10.0. The standard InChI is InChI=1S/C29H32N4O2/c1-19-10-15-27-24(16-19)25(29(34)31-21-8-6-4-5-7-9-21)17-28(32-27)26-18-30-33(20(26)2)22-11-13-23(35-3)14-12-22/h10-18,21H,4-9H2,1-3H3,(H,31,34). The minimum Gasteiger partial charge on any atom is -0.497 e. The van der Waals surface area contributed by atoms with Crippen LogP contribution in [0.1, 0.15) is 60.1 Å². The van der Waals surface area contributed by atoms with Gasteiger partial charge in [-0.05, 0) is 69.2 Å². The van der Waals surface area contributed by atoms with Gasteiger partial charge in [-0.3, -0.25) is 4.79 Å². The third-order valence-corrected chi connectivity index (χ3v) is 7.00. The van der Waals surface area contributed by atoms with Crippen LogP contribution in [0.3, 0.4) is 0 Å². The molecular weight excluding hydrogens is 436 g/mol. The smallest absolute Gasteiger partial charge is 0.252 e. The van der Waals surface area contributed by atoms with Crippen molar-refractivity contribution in [1.82, 2.24) is 20.1 Å². The number of carbonyl (C=O) groups is 1. The normalized spacial score (nSPS) is 14.6. The predicted octanol–water partition coefficient (Wildman–Crippen LogP) is 6.17. The van der Waals surface area contributed by atoms with Crippen molar-refractivity contribution in [2.24, 2.45) is 0 Å². The van der Waals surface area contributed by atoms with Gasteiger partial charge in [0.05, 0.1) is 41.5 Å². The number of ether oxygens (including phenoxy) is 1. The van der Waals surface area contributed by atoms with Crippen LogP contribution in [0.5, 0.6) is 5.75 Å². The van der Waals surface area contributed by atoms with Crippen molar-refractivity contribution in [2.45, 2.75) is 58.4 Å². The maximum Gasteiger partial charge on any atom is 0.252 e. The van der Waals surface area contributed by atoms with Gasteiger partial charge >= 0.3 is 0 Å². The molecule has 1 N–H and O–H groups in total. The van der Waals surface area contributed by atoms with Gasteiger partial charge in [0.2, 0.25) is 0 Å². The van der Waals surface area contributed by atoms with Crippen LogP contribution in [-0.2, 0) is 0 Å². The number of hydrogen-bond acceptors (Lipinski definition) is 4. The number of rotatable bonds is 5. The van der Waals surface area contributed by atoms with Gasteiger partial charge < -0.3 is 10.1 Å². The van der Waals surface area contributed by atoms with E-state index < -0.39 is 0 Å². The molecule has 0 atom stereocenters. The van der Waals surface area contributed by atoms with Crippen molar-refractivity contribution in [1.29, 1.82) is 0 Å². The minimum atomic E-state index is -0.0173. The topological polar surface area (TPSA) is 69.0 Å². The Hall–Kier alpha value is -3.67. The summed E-state index contributed by atoms with van der Waals surface area (Å²) in [7, 11) is 1.66. The van der Waals surface area contributed by atoms with E-state index in [1.165, 1.54) is 25.7 Å². The molecule has 1 aliphatic rings. The van der Waals surface area contributed by atoms with Crippen molar-refractivity contribution >= 4 is 16.8 Å². The average Bonchev–Trinajstić information content (AvgIpc) is 3.07. The first-order valence-electron chi connectivity index (χ1n) is 12.4. The highest BCUT2D eigenvalue weighted by Gasteiger charge is 2.20. The quantitative estimate of drug-likeness (QED) is 0.356. The molecule has 35 heavy (non-hydrogen) atoms. The van der Waals surface area contributed by atoms with E-state index in [2.05, 4.69) is 16.5 Å². The molecular formula is C29H32N4O2. The summed E-state index contributed by atoms with van der Waals surface area (Å²) in [5, 5.41) is 8.84. The van der Waals surface area contributed by atoms with Gasteiger partial charge in [0.25, 0.3) is 5.91 Å². The van der Waals surface area contributed by atoms with Gasteiger partial charge in [-0.2, -0.15) is 5.10 Å². The van der Waals surface area contributed by atoms with Crippen molar-refractivity contribution in [2.75, 3.05) is 7.11 Å². The van der Waals surface area contributed by atoms with Gasteiger partial charge in [-0.25, -0.2) is 9.67 Å². The van der Waals surface area contributed by atoms with E-state index in [0.717, 1.165) is 57.7 Å². The van der Waals surface area contributed by atoms with Crippen LogP contribution >= 0.6 is 0 Å². The van der Waals surface area contributed by atoms with Crippen LogP contribution in [0, 0.1) is 13.8 Å². The molecule has 6 heteroatoms. The maximum absolute atomic E-state index is 13.5. The lowest BCUT2D eigenvalue weighted by molar-refractivity contribution is 0.0935. The molecule has 0 unspecified atom stereocenters. The molecule has 1 amide bonds. The molecule has 6 nitrogen and oxygen atoms in total. The summed E-state index contributed by atoms with van der Waals surface area (Å²) in [6.07, 6.45) is 8.79. The second-order valence-corrected chi connectivity index (χ2v) is 9.49. The van der Waals surface area contributed by atoms with E-state index in [1.807, 2.05) is 67.2 Å². The SMILES string of the molecule is COc1ccc(-n2ncc(-c3cc(C(=O)NC4CCCCCC4)c4cc(C)ccc4n3)c2C)cc1. The summed E-state index contributed by atoms with van der Waals surface area (Å²) >= 11 is 0. The van der Waals surface area contributed by atoms with Gasteiger partial charge in [0, 0.05) is 17.0 Å². The summed E-state index contributed by atoms with van der Waals surface area (Å²) in [6, 6.07) is 16.1. The molecule has 5 rings (SSSR count). The van der Waals surface area contributed by atoms with E-state index in [0.29, 0.717) is 5.56 Å². The number of carbonyl (C=O) groups excluding carboxylic acids is 1. The van der Waals surface area contributed by atoms with Crippen LogP contribution in [0.2, 0.25) is 0 Å². The van der Waals surface area contributed by atoms with Crippen LogP contribution in [0.4, 0.5) is 0 Å². The molecule has 0 bridgehead atoms. The Morgan fingerprint density at radius 2 is 1.74 bits per heavy atom. The molecule has 0 spiro atoms. The molecule has 2 heterocycles. The van der Waals surface area contributed by atoms with Gasteiger partial charge in [-0.15, -0.1) is 0 Å². The lowest BCUT2D eigenvalue weighted by Gasteiger charge is -2.18. The van der Waals surface area contributed by atoms with Gasteiger partial charge in [-0.1, -0.05) is 37.3 Å². The number of aryl methyl sites for hydroxylation is 1. The summed E-state index contributed by atoms with van der Waals surface area (Å²) in [5.41, 5.74) is 6.17. The second kappa shape index (κ2) is 9.90. The Balaban J connectivity index is 1.54. The molecule has 4 aromatic rings. The Bertz CT molecular complexity index is 1350. The Kier molecular flexibility index (Phi) is 6.53. The average molecular weight is 469 g/mol. The Labute approximate surface area is 206 Å². The van der Waals surface area contributed by atoms with Gasteiger partial charge in [0.15, 0.2) is 0 Å². The first-order valence-corrected chi connectivity index (χ1v) is 12.4. The molecule has 2 aromatic heterocycles. The fourth-order valence-corrected chi connectivity index (χ4v) is 5.00. The first kappa shape index (κ1) is 23.1. The number of amides is 1. The van der Waals surface area contributed by atoms with Crippen LogP contribution in [0.15, 0.2) is 54.7 Å². The highest BCUT2D eigenvalue weighted by atomic mass is 16.5. The summed E-state index contributed by atoms with van der Waals surface area (Å²) in [6.45, 7) is 4.07. The maximum atomic E-state index is 13.5. The largest absolute Gasteiger partial charge is 0.497 e. The van der Waals surface area contributed by atoms with Crippen LogP contribution in [0.25, 0.3) is 27.8 Å². The number of methoxy groups -OCH3 is 1. The molecule has 0 saturated heterocycles. The van der Waals surface area contributed by atoms with E-state index in [4.69, 9.17) is 9.72 Å². The van der Waals surface area contributed by atoms with E-state index in [1.54, 1.807) is 7.11 Å². The number of aromatic nitrogens is 3. The summed E-state index contributed by atoms with van der Waals surface area (Å²) in [5.74, 6) is 0.783. The molecule has 1 aliphatic carbocycles. The Morgan fingerprint density at radius 1 is 1.00 bits per heavy atom. The summed E-state index contributed by atoms with van der Waals surface area (Å²) < 4.78 is 7.17. The van der Waals surface area contributed by atoms with E-state index in [9.17, 15) is 4.79 Å². The van der Waals surface area contributed by atoms with Crippen molar-refractivity contribution < 1.29 is 9.53 Å². The third-order valence-electron chi connectivity index (χ3n) is 7.00. The number of fused-ring (bicyclic) bond motifs is 1. The molecule has 2 aromatic carbocycles. The highest BCUT2D eigenvalue weighted by molar-refractivity contribution is 6.07. The number of hydrogen-bond donors (Lipinski definition) is 1. The van der Waals surface area contributed by atoms with Crippen molar-refractivity contribution in [3.8, 4) is 22.7 Å². The zero-order chi connectivity index (χ0) is 24.4.